The first-order valence-electron chi connectivity index (χ1n) is 6.16. The highest BCUT2D eigenvalue weighted by molar-refractivity contribution is 5.46. The van der Waals surface area contributed by atoms with Crippen LogP contribution in [0.4, 0.5) is 0 Å². The Bertz CT molecular complexity index is 402. The fraction of sp³-hybridized carbons (Fsp3) is 0.375. The maximum absolute atomic E-state index is 4.05. The van der Waals surface area contributed by atoms with E-state index in [0.29, 0.717) is 5.92 Å². The van der Waals surface area contributed by atoms with Crippen LogP contribution in [0.25, 0.3) is 0 Å². The van der Waals surface area contributed by atoms with E-state index in [-0.39, 0.29) is 0 Å². The van der Waals surface area contributed by atoms with Gasteiger partial charge in [0.1, 0.15) is 0 Å². The van der Waals surface area contributed by atoms with Crippen LogP contribution in [-0.2, 0) is 0 Å². The molecule has 0 radical (unpaired) electrons. The third-order valence-electron chi connectivity index (χ3n) is 3.64. The molecule has 0 N–H and O–H groups in total. The van der Waals surface area contributed by atoms with Crippen molar-refractivity contribution in [3.05, 3.63) is 59.8 Å². The third kappa shape index (κ3) is 2.11. The Hall–Kier alpha value is -1.30. The Balaban J connectivity index is 2.31. The molecule has 0 bridgehead atoms. The summed E-state index contributed by atoms with van der Waals surface area (Å²) in [5, 5.41) is 0. The quantitative estimate of drug-likeness (QED) is 0.620. The zero-order valence-electron chi connectivity index (χ0n) is 10.1. The molecule has 0 heterocycles. The first-order chi connectivity index (χ1) is 7.74. The van der Waals surface area contributed by atoms with Crippen molar-refractivity contribution < 1.29 is 0 Å². The molecular formula is C16H20. The van der Waals surface area contributed by atoms with Crippen LogP contribution in [0.1, 0.15) is 32.6 Å². The van der Waals surface area contributed by atoms with Gasteiger partial charge in [-0.1, -0.05) is 50.0 Å². The number of hydrogen-bond acceptors (Lipinski definition) is 0. The van der Waals surface area contributed by atoms with E-state index in [1.165, 1.54) is 35.1 Å². The summed E-state index contributed by atoms with van der Waals surface area (Å²) in [6.45, 7) is 10.2. The molecule has 1 atom stereocenters. The number of fused-ring (bicyclic) bond motifs is 1. The van der Waals surface area contributed by atoms with Gasteiger partial charge >= 0.3 is 0 Å². The summed E-state index contributed by atoms with van der Waals surface area (Å²) in [5.41, 5.74) is 5.66. The summed E-state index contributed by atoms with van der Waals surface area (Å²) in [6, 6.07) is 0. The van der Waals surface area contributed by atoms with Crippen molar-refractivity contribution in [2.45, 2.75) is 32.6 Å². The molecule has 0 amide bonds. The monoisotopic (exact) mass is 212 g/mol. The van der Waals surface area contributed by atoms with E-state index in [1.807, 2.05) is 6.08 Å². The van der Waals surface area contributed by atoms with Crippen LogP contribution in [0.5, 0.6) is 0 Å². The summed E-state index contributed by atoms with van der Waals surface area (Å²) in [7, 11) is 0. The average Bonchev–Trinajstić information content (AvgIpc) is 2.61. The van der Waals surface area contributed by atoms with Gasteiger partial charge in [0.25, 0.3) is 0 Å². The van der Waals surface area contributed by atoms with Crippen molar-refractivity contribution >= 4 is 0 Å². The van der Waals surface area contributed by atoms with Crippen molar-refractivity contribution in [1.82, 2.24) is 0 Å². The highest BCUT2D eigenvalue weighted by atomic mass is 14.3. The zero-order valence-corrected chi connectivity index (χ0v) is 10.1. The van der Waals surface area contributed by atoms with Crippen LogP contribution in [0, 0.1) is 5.92 Å². The molecule has 2 aliphatic carbocycles. The number of hydrogen-bond donors (Lipinski definition) is 0. The molecule has 0 spiro atoms. The second-order valence-electron chi connectivity index (χ2n) is 4.68. The molecule has 0 aromatic rings. The van der Waals surface area contributed by atoms with Crippen molar-refractivity contribution in [2.75, 3.05) is 0 Å². The minimum absolute atomic E-state index is 0.715. The van der Waals surface area contributed by atoms with E-state index in [4.69, 9.17) is 0 Å². The van der Waals surface area contributed by atoms with Crippen LogP contribution < -0.4 is 0 Å². The van der Waals surface area contributed by atoms with Crippen molar-refractivity contribution in [3.8, 4) is 0 Å². The molecule has 0 nitrogen and oxygen atoms in total. The molecular weight excluding hydrogens is 192 g/mol. The van der Waals surface area contributed by atoms with E-state index in [2.05, 4.69) is 38.3 Å². The Kier molecular flexibility index (Phi) is 3.28. The molecule has 0 aromatic carbocycles. The second-order valence-corrected chi connectivity index (χ2v) is 4.68. The van der Waals surface area contributed by atoms with E-state index < -0.39 is 0 Å². The van der Waals surface area contributed by atoms with Gasteiger partial charge in [-0.2, -0.15) is 0 Å². The SMILES string of the molecule is C=C/C(CC)=C1\C=C2C=CC(=C)CCC2C1. The van der Waals surface area contributed by atoms with Gasteiger partial charge in [0.2, 0.25) is 0 Å². The molecule has 0 saturated carbocycles. The van der Waals surface area contributed by atoms with Gasteiger partial charge in [-0.15, -0.1) is 0 Å². The molecule has 1 unspecified atom stereocenters. The van der Waals surface area contributed by atoms with E-state index in [0.717, 1.165) is 12.8 Å². The predicted molar refractivity (Wildman–Crippen MR) is 71.2 cm³/mol. The Labute approximate surface area is 98.8 Å². The Morgan fingerprint density at radius 2 is 2.31 bits per heavy atom. The normalized spacial score (nSPS) is 27.2. The average molecular weight is 212 g/mol. The summed E-state index contributed by atoms with van der Waals surface area (Å²) < 4.78 is 0. The third-order valence-corrected chi connectivity index (χ3v) is 3.64. The lowest BCUT2D eigenvalue weighted by Crippen LogP contribution is -1.96. The number of allylic oxidation sites excluding steroid dienone is 8. The van der Waals surface area contributed by atoms with E-state index >= 15 is 0 Å². The van der Waals surface area contributed by atoms with Crippen molar-refractivity contribution in [2.24, 2.45) is 5.92 Å². The van der Waals surface area contributed by atoms with Gasteiger partial charge in [-0.3, -0.25) is 0 Å². The predicted octanol–water partition coefficient (Wildman–Crippen LogP) is 4.73. The van der Waals surface area contributed by atoms with Crippen LogP contribution >= 0.6 is 0 Å². The fourth-order valence-corrected chi connectivity index (χ4v) is 2.60. The molecule has 84 valence electrons. The molecule has 0 saturated heterocycles. The first-order valence-corrected chi connectivity index (χ1v) is 6.16. The maximum atomic E-state index is 4.05. The minimum Gasteiger partial charge on any atom is -0.0988 e. The van der Waals surface area contributed by atoms with Crippen molar-refractivity contribution in [1.29, 1.82) is 0 Å². The first kappa shape index (κ1) is 11.2. The molecule has 2 aliphatic rings. The van der Waals surface area contributed by atoms with Gasteiger partial charge in [0, 0.05) is 0 Å². The summed E-state index contributed by atoms with van der Waals surface area (Å²) >= 11 is 0. The molecule has 0 aromatic heterocycles. The summed E-state index contributed by atoms with van der Waals surface area (Å²) in [4.78, 5) is 0. The molecule has 2 rings (SSSR count). The van der Waals surface area contributed by atoms with Crippen molar-refractivity contribution in [3.63, 3.8) is 0 Å². The lowest BCUT2D eigenvalue weighted by Gasteiger charge is -2.09. The lowest BCUT2D eigenvalue weighted by molar-refractivity contribution is 0.595. The summed E-state index contributed by atoms with van der Waals surface area (Å²) in [6.07, 6.45) is 13.5. The maximum Gasteiger partial charge on any atom is -0.0118 e. The van der Waals surface area contributed by atoms with Gasteiger partial charge < -0.3 is 0 Å². The minimum atomic E-state index is 0.715. The highest BCUT2D eigenvalue weighted by Gasteiger charge is 2.23. The van der Waals surface area contributed by atoms with Crippen LogP contribution in [-0.4, -0.2) is 0 Å². The lowest BCUT2D eigenvalue weighted by atomic mass is 9.95. The zero-order chi connectivity index (χ0) is 11.5. The van der Waals surface area contributed by atoms with Crippen LogP contribution in [0.2, 0.25) is 0 Å². The standard InChI is InChI=1S/C16H20/c1-4-13(5-2)16-10-14-8-6-12(3)7-9-15(14)11-16/h4,6,8,10,15H,1,3,5,7,9,11H2,2H3/b16-13-. The Morgan fingerprint density at radius 3 is 3.00 bits per heavy atom. The molecule has 16 heavy (non-hydrogen) atoms. The number of rotatable bonds is 2. The van der Waals surface area contributed by atoms with E-state index in [1.54, 1.807) is 0 Å². The second kappa shape index (κ2) is 4.69. The smallest absolute Gasteiger partial charge is 0.0118 e. The van der Waals surface area contributed by atoms with Crippen LogP contribution in [0.3, 0.4) is 0 Å². The molecule has 0 aliphatic heterocycles. The van der Waals surface area contributed by atoms with Gasteiger partial charge in [0.05, 0.1) is 0 Å². The molecule has 0 fully saturated rings. The van der Waals surface area contributed by atoms with Gasteiger partial charge in [-0.25, -0.2) is 0 Å². The fourth-order valence-electron chi connectivity index (χ4n) is 2.60. The summed E-state index contributed by atoms with van der Waals surface area (Å²) in [5.74, 6) is 0.715. The largest absolute Gasteiger partial charge is 0.0988 e. The van der Waals surface area contributed by atoms with Gasteiger partial charge in [-0.05, 0) is 48.3 Å². The van der Waals surface area contributed by atoms with E-state index in [9.17, 15) is 0 Å². The Morgan fingerprint density at radius 1 is 1.50 bits per heavy atom. The molecule has 0 heteroatoms. The highest BCUT2D eigenvalue weighted by Crippen LogP contribution is 2.38. The van der Waals surface area contributed by atoms with Crippen LogP contribution in [0.15, 0.2) is 59.8 Å². The topological polar surface area (TPSA) is 0 Å². The van der Waals surface area contributed by atoms with Gasteiger partial charge in [0.15, 0.2) is 0 Å².